The second-order valence-corrected chi connectivity index (χ2v) is 4.15. The van der Waals surface area contributed by atoms with Gasteiger partial charge in [0, 0.05) is 19.8 Å². The Bertz CT molecular complexity index is 358. The van der Waals surface area contributed by atoms with E-state index in [1.54, 1.807) is 13.2 Å². The standard InChI is InChI=1S/C14H22FNO2/c1-4-18-14-7-6-12(10-13(14)15)11(2)16-8-5-9-17-3/h6-7,10-11,16H,4-5,8-9H2,1-3H3/t11-/m1/s1. The Morgan fingerprint density at radius 1 is 1.39 bits per heavy atom. The highest BCUT2D eigenvalue weighted by atomic mass is 19.1. The van der Waals surface area contributed by atoms with E-state index in [0.717, 1.165) is 25.1 Å². The van der Waals surface area contributed by atoms with Crippen LogP contribution in [0.4, 0.5) is 4.39 Å². The van der Waals surface area contributed by atoms with Crippen molar-refractivity contribution in [3.05, 3.63) is 29.6 Å². The number of hydrogen-bond acceptors (Lipinski definition) is 3. The Morgan fingerprint density at radius 2 is 2.17 bits per heavy atom. The van der Waals surface area contributed by atoms with Crippen molar-refractivity contribution < 1.29 is 13.9 Å². The van der Waals surface area contributed by atoms with E-state index in [2.05, 4.69) is 5.32 Å². The molecule has 0 saturated heterocycles. The normalized spacial score (nSPS) is 12.4. The fourth-order valence-corrected chi connectivity index (χ4v) is 1.71. The van der Waals surface area contributed by atoms with Gasteiger partial charge in [-0.25, -0.2) is 4.39 Å². The molecule has 0 unspecified atom stereocenters. The summed E-state index contributed by atoms with van der Waals surface area (Å²) in [7, 11) is 1.69. The number of benzene rings is 1. The smallest absolute Gasteiger partial charge is 0.165 e. The zero-order valence-electron chi connectivity index (χ0n) is 11.3. The molecule has 102 valence electrons. The Balaban J connectivity index is 2.52. The van der Waals surface area contributed by atoms with E-state index in [9.17, 15) is 4.39 Å². The van der Waals surface area contributed by atoms with Gasteiger partial charge in [0.2, 0.25) is 0 Å². The van der Waals surface area contributed by atoms with Gasteiger partial charge in [-0.15, -0.1) is 0 Å². The molecular formula is C14H22FNO2. The molecule has 0 aliphatic rings. The molecule has 0 bridgehead atoms. The summed E-state index contributed by atoms with van der Waals surface area (Å²) in [5.74, 6) is 0.00715. The van der Waals surface area contributed by atoms with Crippen LogP contribution in [-0.4, -0.2) is 26.9 Å². The van der Waals surface area contributed by atoms with Gasteiger partial charge in [0.25, 0.3) is 0 Å². The van der Waals surface area contributed by atoms with Crippen LogP contribution in [0.2, 0.25) is 0 Å². The highest BCUT2D eigenvalue weighted by Crippen LogP contribution is 2.21. The summed E-state index contributed by atoms with van der Waals surface area (Å²) < 4.78 is 23.8. The molecule has 0 radical (unpaired) electrons. The maximum Gasteiger partial charge on any atom is 0.165 e. The summed E-state index contributed by atoms with van der Waals surface area (Å²) in [6, 6.07) is 5.22. The van der Waals surface area contributed by atoms with Crippen molar-refractivity contribution in [2.45, 2.75) is 26.3 Å². The van der Waals surface area contributed by atoms with Crippen LogP contribution in [-0.2, 0) is 4.74 Å². The van der Waals surface area contributed by atoms with E-state index in [0.29, 0.717) is 12.4 Å². The second-order valence-electron chi connectivity index (χ2n) is 4.15. The fraction of sp³-hybridized carbons (Fsp3) is 0.571. The summed E-state index contributed by atoms with van der Waals surface area (Å²) in [5.41, 5.74) is 0.924. The summed E-state index contributed by atoms with van der Waals surface area (Å²) in [6.07, 6.45) is 0.945. The predicted octanol–water partition coefficient (Wildman–Crippen LogP) is 2.91. The maximum absolute atomic E-state index is 13.7. The average molecular weight is 255 g/mol. The van der Waals surface area contributed by atoms with E-state index in [-0.39, 0.29) is 11.9 Å². The molecule has 0 amide bonds. The van der Waals surface area contributed by atoms with Crippen molar-refractivity contribution in [1.82, 2.24) is 5.32 Å². The largest absolute Gasteiger partial charge is 0.491 e. The lowest BCUT2D eigenvalue weighted by molar-refractivity contribution is 0.193. The maximum atomic E-state index is 13.7. The Hall–Kier alpha value is -1.13. The molecule has 0 spiro atoms. The minimum absolute atomic E-state index is 0.118. The first-order valence-corrected chi connectivity index (χ1v) is 6.33. The highest BCUT2D eigenvalue weighted by molar-refractivity contribution is 5.30. The van der Waals surface area contributed by atoms with Crippen LogP contribution in [0.25, 0.3) is 0 Å². The lowest BCUT2D eigenvalue weighted by Crippen LogP contribution is -2.21. The van der Waals surface area contributed by atoms with Crippen molar-refractivity contribution >= 4 is 0 Å². The van der Waals surface area contributed by atoms with E-state index in [4.69, 9.17) is 9.47 Å². The third kappa shape index (κ3) is 4.63. The van der Waals surface area contributed by atoms with Gasteiger partial charge in [0.05, 0.1) is 6.61 Å². The Labute approximate surface area is 108 Å². The van der Waals surface area contributed by atoms with Crippen molar-refractivity contribution in [2.75, 3.05) is 26.9 Å². The molecule has 1 aromatic rings. The first kappa shape index (κ1) is 14.9. The molecule has 4 heteroatoms. The van der Waals surface area contributed by atoms with Gasteiger partial charge < -0.3 is 14.8 Å². The predicted molar refractivity (Wildman–Crippen MR) is 70.5 cm³/mol. The van der Waals surface area contributed by atoms with Gasteiger partial charge in [-0.1, -0.05) is 6.07 Å². The molecule has 3 nitrogen and oxygen atoms in total. The van der Waals surface area contributed by atoms with Gasteiger partial charge in [0.1, 0.15) is 0 Å². The third-order valence-electron chi connectivity index (χ3n) is 2.73. The van der Waals surface area contributed by atoms with Gasteiger partial charge in [-0.3, -0.25) is 0 Å². The lowest BCUT2D eigenvalue weighted by Gasteiger charge is -2.15. The van der Waals surface area contributed by atoms with Gasteiger partial charge in [0.15, 0.2) is 11.6 Å². The molecule has 1 aromatic carbocycles. The zero-order chi connectivity index (χ0) is 13.4. The fourth-order valence-electron chi connectivity index (χ4n) is 1.71. The highest BCUT2D eigenvalue weighted by Gasteiger charge is 2.09. The summed E-state index contributed by atoms with van der Waals surface area (Å²) in [4.78, 5) is 0. The van der Waals surface area contributed by atoms with Crippen LogP contribution in [0.15, 0.2) is 18.2 Å². The third-order valence-corrected chi connectivity index (χ3v) is 2.73. The molecule has 0 heterocycles. The number of nitrogens with one attached hydrogen (secondary N) is 1. The molecule has 0 aliphatic carbocycles. The van der Waals surface area contributed by atoms with Crippen LogP contribution in [0.3, 0.4) is 0 Å². The molecule has 0 aliphatic heterocycles. The summed E-state index contributed by atoms with van der Waals surface area (Å²) in [6.45, 7) is 5.91. The van der Waals surface area contributed by atoms with E-state index in [1.807, 2.05) is 19.9 Å². The summed E-state index contributed by atoms with van der Waals surface area (Å²) in [5, 5.41) is 3.32. The topological polar surface area (TPSA) is 30.5 Å². The van der Waals surface area contributed by atoms with Crippen molar-refractivity contribution in [2.24, 2.45) is 0 Å². The molecule has 0 fully saturated rings. The van der Waals surface area contributed by atoms with Crippen molar-refractivity contribution in [3.63, 3.8) is 0 Å². The molecule has 1 N–H and O–H groups in total. The average Bonchev–Trinajstić information content (AvgIpc) is 2.37. The SMILES string of the molecule is CCOc1ccc([C@@H](C)NCCCOC)cc1F. The Kier molecular flexibility index (Phi) is 6.68. The minimum Gasteiger partial charge on any atom is -0.491 e. The molecule has 0 saturated carbocycles. The number of halogens is 1. The minimum atomic E-state index is -0.306. The van der Waals surface area contributed by atoms with Crippen molar-refractivity contribution in [1.29, 1.82) is 0 Å². The van der Waals surface area contributed by atoms with Gasteiger partial charge in [-0.2, -0.15) is 0 Å². The lowest BCUT2D eigenvalue weighted by atomic mass is 10.1. The zero-order valence-corrected chi connectivity index (χ0v) is 11.3. The van der Waals surface area contributed by atoms with Gasteiger partial charge in [-0.05, 0) is 44.5 Å². The van der Waals surface area contributed by atoms with Crippen molar-refractivity contribution in [3.8, 4) is 5.75 Å². The number of methoxy groups -OCH3 is 1. The Morgan fingerprint density at radius 3 is 2.78 bits per heavy atom. The van der Waals surface area contributed by atoms with Crippen LogP contribution < -0.4 is 10.1 Å². The van der Waals surface area contributed by atoms with Crippen LogP contribution in [0.1, 0.15) is 31.9 Å². The number of hydrogen-bond donors (Lipinski definition) is 1. The quantitative estimate of drug-likeness (QED) is 0.724. The van der Waals surface area contributed by atoms with E-state index >= 15 is 0 Å². The molecule has 1 rings (SSSR count). The molecule has 0 aromatic heterocycles. The monoisotopic (exact) mass is 255 g/mol. The molecule has 18 heavy (non-hydrogen) atoms. The van der Waals surface area contributed by atoms with Crippen LogP contribution in [0, 0.1) is 5.82 Å². The number of ether oxygens (including phenoxy) is 2. The van der Waals surface area contributed by atoms with Crippen LogP contribution in [0.5, 0.6) is 5.75 Å². The number of rotatable bonds is 8. The first-order chi connectivity index (χ1) is 8.69. The van der Waals surface area contributed by atoms with E-state index < -0.39 is 0 Å². The molecule has 1 atom stereocenters. The summed E-state index contributed by atoms with van der Waals surface area (Å²) >= 11 is 0. The first-order valence-electron chi connectivity index (χ1n) is 6.33. The molecular weight excluding hydrogens is 233 g/mol. The van der Waals surface area contributed by atoms with Gasteiger partial charge >= 0.3 is 0 Å². The van der Waals surface area contributed by atoms with E-state index in [1.165, 1.54) is 6.07 Å². The second kappa shape index (κ2) is 8.06. The van der Waals surface area contributed by atoms with Crippen LogP contribution >= 0.6 is 0 Å².